The summed E-state index contributed by atoms with van der Waals surface area (Å²) in [4.78, 5) is 12.5. The number of anilines is 1. The molecule has 1 amide bonds. The summed E-state index contributed by atoms with van der Waals surface area (Å²) >= 11 is 0. The van der Waals surface area contributed by atoms with Crippen molar-refractivity contribution in [1.82, 2.24) is 0 Å². The van der Waals surface area contributed by atoms with Crippen LogP contribution in [0, 0.1) is 6.92 Å². The predicted octanol–water partition coefficient (Wildman–Crippen LogP) is 1.85. The Kier molecular flexibility index (Phi) is 2.48. The Morgan fingerprint density at radius 1 is 1.33 bits per heavy atom. The second-order valence-corrected chi connectivity index (χ2v) is 2.74. The molecule has 2 heteroatoms. The molecule has 0 aliphatic rings. The van der Waals surface area contributed by atoms with Gasteiger partial charge in [-0.15, -0.1) is 0 Å². The maximum Gasteiger partial charge on any atom is 0.223 e. The first-order valence-corrected chi connectivity index (χ1v) is 3.77. The third-order valence-electron chi connectivity index (χ3n) is 1.80. The van der Waals surface area contributed by atoms with Gasteiger partial charge in [-0.3, -0.25) is 4.79 Å². The molecule has 0 bridgehead atoms. The molecule has 12 heavy (non-hydrogen) atoms. The molecule has 0 saturated carbocycles. The number of carbonyl (C=O) groups is 1. The van der Waals surface area contributed by atoms with Crippen LogP contribution in [0.5, 0.6) is 0 Å². The van der Waals surface area contributed by atoms with Gasteiger partial charge in [0.05, 0.1) is 0 Å². The maximum absolute atomic E-state index is 10.9. The third-order valence-corrected chi connectivity index (χ3v) is 1.80. The minimum Gasteiger partial charge on any atom is -0.316 e. The van der Waals surface area contributed by atoms with Crippen molar-refractivity contribution in [3.63, 3.8) is 0 Å². The molecule has 1 aromatic carbocycles. The van der Waals surface area contributed by atoms with E-state index in [-0.39, 0.29) is 5.91 Å². The lowest BCUT2D eigenvalue weighted by Crippen LogP contribution is -2.22. The monoisotopic (exact) mass is 162 g/mol. The Hall–Kier alpha value is -1.31. The van der Waals surface area contributed by atoms with Crippen molar-refractivity contribution in [2.75, 3.05) is 11.9 Å². The van der Waals surface area contributed by atoms with E-state index in [0.29, 0.717) is 0 Å². The zero-order chi connectivity index (χ0) is 9.14. The average Bonchev–Trinajstić information content (AvgIpc) is 2.04. The van der Waals surface area contributed by atoms with E-state index < -0.39 is 0 Å². The standard InChI is InChI=1S/C10H12NO/c1-8-4-6-10(7-5-8)11(3)9(2)12/h4-7H,1H2,2-3H3. The van der Waals surface area contributed by atoms with Crippen LogP contribution in [0.1, 0.15) is 12.5 Å². The highest BCUT2D eigenvalue weighted by Gasteiger charge is 2.03. The zero-order valence-corrected chi connectivity index (χ0v) is 7.37. The van der Waals surface area contributed by atoms with Crippen molar-refractivity contribution in [2.45, 2.75) is 6.92 Å². The summed E-state index contributed by atoms with van der Waals surface area (Å²) in [5, 5.41) is 0. The molecule has 0 fully saturated rings. The first-order chi connectivity index (χ1) is 5.61. The van der Waals surface area contributed by atoms with Crippen molar-refractivity contribution in [3.8, 4) is 0 Å². The lowest BCUT2D eigenvalue weighted by atomic mass is 10.2. The highest BCUT2D eigenvalue weighted by Crippen LogP contribution is 2.12. The fourth-order valence-corrected chi connectivity index (χ4v) is 0.901. The Morgan fingerprint density at radius 3 is 2.25 bits per heavy atom. The first kappa shape index (κ1) is 8.78. The summed E-state index contributed by atoms with van der Waals surface area (Å²) in [5.41, 5.74) is 1.85. The molecule has 2 nitrogen and oxygen atoms in total. The normalized spacial score (nSPS) is 9.58. The van der Waals surface area contributed by atoms with Crippen LogP contribution < -0.4 is 4.90 Å². The molecule has 1 aromatic rings. The van der Waals surface area contributed by atoms with Gasteiger partial charge in [0, 0.05) is 19.7 Å². The number of hydrogen-bond acceptors (Lipinski definition) is 1. The first-order valence-electron chi connectivity index (χ1n) is 3.77. The van der Waals surface area contributed by atoms with Crippen LogP contribution in [0.3, 0.4) is 0 Å². The fraction of sp³-hybridized carbons (Fsp3) is 0.200. The van der Waals surface area contributed by atoms with E-state index in [2.05, 4.69) is 6.92 Å². The van der Waals surface area contributed by atoms with Crippen LogP contribution in [-0.4, -0.2) is 13.0 Å². The number of amides is 1. The van der Waals surface area contributed by atoms with E-state index in [9.17, 15) is 4.79 Å². The smallest absolute Gasteiger partial charge is 0.223 e. The van der Waals surface area contributed by atoms with Gasteiger partial charge in [0.25, 0.3) is 0 Å². The predicted molar refractivity (Wildman–Crippen MR) is 50.0 cm³/mol. The average molecular weight is 162 g/mol. The molecule has 0 saturated heterocycles. The SMILES string of the molecule is [CH2]c1ccc(N(C)C(C)=O)cc1. The van der Waals surface area contributed by atoms with Crippen LogP contribution in [0.15, 0.2) is 24.3 Å². The quantitative estimate of drug-likeness (QED) is 0.617. The maximum atomic E-state index is 10.9. The highest BCUT2D eigenvalue weighted by atomic mass is 16.2. The van der Waals surface area contributed by atoms with Crippen molar-refractivity contribution in [1.29, 1.82) is 0 Å². The van der Waals surface area contributed by atoms with Gasteiger partial charge >= 0.3 is 0 Å². The second-order valence-electron chi connectivity index (χ2n) is 2.74. The van der Waals surface area contributed by atoms with Crippen LogP contribution in [0.25, 0.3) is 0 Å². The molecule has 0 aromatic heterocycles. The Balaban J connectivity index is 2.89. The summed E-state index contributed by atoms with van der Waals surface area (Å²) in [6.07, 6.45) is 0. The summed E-state index contributed by atoms with van der Waals surface area (Å²) < 4.78 is 0. The largest absolute Gasteiger partial charge is 0.316 e. The molecular formula is C10H12NO. The summed E-state index contributed by atoms with van der Waals surface area (Å²) in [5.74, 6) is 0.0341. The summed E-state index contributed by atoms with van der Waals surface area (Å²) in [7, 11) is 1.75. The third kappa shape index (κ3) is 1.84. The van der Waals surface area contributed by atoms with Gasteiger partial charge in [-0.2, -0.15) is 0 Å². The van der Waals surface area contributed by atoms with E-state index in [4.69, 9.17) is 0 Å². The highest BCUT2D eigenvalue weighted by molar-refractivity contribution is 5.90. The number of nitrogens with zero attached hydrogens (tertiary/aromatic N) is 1. The molecule has 1 radical (unpaired) electrons. The summed E-state index contributed by atoms with van der Waals surface area (Å²) in [6, 6.07) is 7.52. The minimum absolute atomic E-state index is 0.0341. The van der Waals surface area contributed by atoms with Gasteiger partial charge in [-0.25, -0.2) is 0 Å². The molecule has 0 unspecified atom stereocenters. The van der Waals surface area contributed by atoms with E-state index in [1.54, 1.807) is 11.9 Å². The van der Waals surface area contributed by atoms with E-state index >= 15 is 0 Å². The van der Waals surface area contributed by atoms with Crippen molar-refractivity contribution in [3.05, 3.63) is 36.8 Å². The van der Waals surface area contributed by atoms with Gasteiger partial charge in [0.15, 0.2) is 0 Å². The zero-order valence-electron chi connectivity index (χ0n) is 7.37. The summed E-state index contributed by atoms with van der Waals surface area (Å²) in [6.45, 7) is 5.30. The topological polar surface area (TPSA) is 20.3 Å². The lowest BCUT2D eigenvalue weighted by molar-refractivity contribution is -0.116. The van der Waals surface area contributed by atoms with Crippen molar-refractivity contribution < 1.29 is 4.79 Å². The molecule has 0 atom stereocenters. The Bertz CT molecular complexity index is 276. The molecule has 0 spiro atoms. The van der Waals surface area contributed by atoms with E-state index in [1.807, 2.05) is 24.3 Å². The Morgan fingerprint density at radius 2 is 1.83 bits per heavy atom. The Labute approximate surface area is 72.8 Å². The van der Waals surface area contributed by atoms with Crippen LogP contribution in [0.4, 0.5) is 5.69 Å². The van der Waals surface area contributed by atoms with Crippen molar-refractivity contribution in [2.24, 2.45) is 0 Å². The van der Waals surface area contributed by atoms with Gasteiger partial charge in [-0.05, 0) is 24.6 Å². The number of hydrogen-bond donors (Lipinski definition) is 0. The van der Waals surface area contributed by atoms with Crippen LogP contribution in [0.2, 0.25) is 0 Å². The number of rotatable bonds is 1. The molecular weight excluding hydrogens is 150 g/mol. The van der Waals surface area contributed by atoms with Crippen molar-refractivity contribution >= 4 is 11.6 Å². The van der Waals surface area contributed by atoms with Gasteiger partial charge < -0.3 is 4.90 Å². The van der Waals surface area contributed by atoms with Crippen LogP contribution >= 0.6 is 0 Å². The van der Waals surface area contributed by atoms with Gasteiger partial charge in [0.2, 0.25) is 5.91 Å². The molecule has 0 aliphatic heterocycles. The minimum atomic E-state index is 0.0341. The van der Waals surface area contributed by atoms with Gasteiger partial charge in [-0.1, -0.05) is 12.1 Å². The molecule has 0 N–H and O–H groups in total. The lowest BCUT2D eigenvalue weighted by Gasteiger charge is -2.14. The molecule has 1 rings (SSSR count). The number of benzene rings is 1. The molecule has 63 valence electrons. The van der Waals surface area contributed by atoms with Gasteiger partial charge in [0.1, 0.15) is 0 Å². The molecule has 0 aliphatic carbocycles. The van der Waals surface area contributed by atoms with E-state index in [0.717, 1.165) is 11.3 Å². The second kappa shape index (κ2) is 3.39. The number of carbonyl (C=O) groups excluding carboxylic acids is 1. The van der Waals surface area contributed by atoms with E-state index in [1.165, 1.54) is 6.92 Å². The fourth-order valence-electron chi connectivity index (χ4n) is 0.901. The van der Waals surface area contributed by atoms with Crippen LogP contribution in [-0.2, 0) is 4.79 Å². The molecule has 0 heterocycles.